The van der Waals surface area contributed by atoms with E-state index in [1.807, 2.05) is 6.07 Å². The number of ether oxygens (including phenoxy) is 1. The second-order valence-corrected chi connectivity index (χ2v) is 5.46. The van der Waals surface area contributed by atoms with Crippen LogP contribution in [0, 0.1) is 11.3 Å². The van der Waals surface area contributed by atoms with Crippen LogP contribution in [0.5, 0.6) is 0 Å². The molecule has 0 heterocycles. The highest BCUT2D eigenvalue weighted by atomic mass is 16.5. The first kappa shape index (κ1) is 18.2. The number of nitriles is 1. The van der Waals surface area contributed by atoms with Gasteiger partial charge >= 0.3 is 0 Å². The largest absolute Gasteiger partial charge is 0.368 e. The maximum absolute atomic E-state index is 12.5. The summed E-state index contributed by atoms with van der Waals surface area (Å²) < 4.78 is 5.26. The molecule has 0 saturated heterocycles. The normalized spacial score (nSPS) is 12.6. The number of carbonyl (C=O) groups is 2. The van der Waals surface area contributed by atoms with Gasteiger partial charge in [-0.25, -0.2) is 0 Å². The van der Waals surface area contributed by atoms with Gasteiger partial charge < -0.3 is 15.8 Å². The monoisotopic (exact) mass is 337 g/mol. The van der Waals surface area contributed by atoms with E-state index in [1.54, 1.807) is 48.5 Å². The number of methoxy groups -OCH3 is 1. The van der Waals surface area contributed by atoms with Crippen molar-refractivity contribution in [1.29, 1.82) is 5.26 Å². The van der Waals surface area contributed by atoms with Gasteiger partial charge in [0, 0.05) is 13.5 Å². The van der Waals surface area contributed by atoms with Crippen LogP contribution in [0.1, 0.15) is 22.8 Å². The lowest BCUT2D eigenvalue weighted by Gasteiger charge is -2.20. The summed E-state index contributed by atoms with van der Waals surface area (Å²) in [5.74, 6) is -1.14. The number of hydrogen-bond donors (Lipinski definition) is 2. The van der Waals surface area contributed by atoms with Crippen molar-refractivity contribution in [1.82, 2.24) is 5.32 Å². The van der Waals surface area contributed by atoms with Crippen LogP contribution in [0.3, 0.4) is 0 Å². The summed E-state index contributed by atoms with van der Waals surface area (Å²) in [4.78, 5) is 24.3. The van der Waals surface area contributed by atoms with E-state index in [2.05, 4.69) is 11.4 Å². The molecule has 2 aromatic rings. The molecule has 0 aliphatic rings. The molecule has 0 aliphatic heterocycles. The number of amides is 2. The summed E-state index contributed by atoms with van der Waals surface area (Å²) in [6.07, 6.45) is -0.718. The van der Waals surface area contributed by atoms with Gasteiger partial charge in [0.25, 0.3) is 5.91 Å². The number of benzene rings is 2. The fourth-order valence-electron chi connectivity index (χ4n) is 2.52. The maximum Gasteiger partial charge on any atom is 0.254 e. The summed E-state index contributed by atoms with van der Waals surface area (Å²) in [5, 5.41) is 11.8. The molecule has 0 aromatic heterocycles. The van der Waals surface area contributed by atoms with Gasteiger partial charge in [-0.1, -0.05) is 48.5 Å². The predicted octanol–water partition coefficient (Wildman–Crippen LogP) is 1.46. The highest BCUT2D eigenvalue weighted by molar-refractivity contribution is 5.89. The number of primary amides is 1. The first-order chi connectivity index (χ1) is 12.1. The molecule has 0 radical (unpaired) electrons. The fourth-order valence-corrected chi connectivity index (χ4v) is 2.52. The number of nitrogens with zero attached hydrogens (tertiary/aromatic N) is 1. The first-order valence-electron chi connectivity index (χ1n) is 7.72. The molecule has 6 heteroatoms. The minimum Gasteiger partial charge on any atom is -0.368 e. The zero-order chi connectivity index (χ0) is 18.2. The molecule has 0 aliphatic carbocycles. The van der Waals surface area contributed by atoms with Crippen LogP contribution in [-0.4, -0.2) is 25.0 Å². The van der Waals surface area contributed by atoms with Crippen molar-refractivity contribution in [2.24, 2.45) is 5.73 Å². The topological polar surface area (TPSA) is 105 Å². The van der Waals surface area contributed by atoms with Crippen molar-refractivity contribution in [2.45, 2.75) is 18.6 Å². The van der Waals surface area contributed by atoms with Gasteiger partial charge in [0.05, 0.1) is 11.6 Å². The molecule has 6 nitrogen and oxygen atoms in total. The Bertz CT molecular complexity index is 784. The van der Waals surface area contributed by atoms with Crippen LogP contribution in [0.25, 0.3) is 0 Å². The zero-order valence-electron chi connectivity index (χ0n) is 13.8. The average Bonchev–Trinajstić information content (AvgIpc) is 2.63. The summed E-state index contributed by atoms with van der Waals surface area (Å²) in [7, 11) is 1.42. The molecule has 2 atom stereocenters. The van der Waals surface area contributed by atoms with E-state index in [4.69, 9.17) is 15.7 Å². The summed E-state index contributed by atoms with van der Waals surface area (Å²) in [5.41, 5.74) is 7.18. The predicted molar refractivity (Wildman–Crippen MR) is 92.2 cm³/mol. The Labute approximate surface area is 146 Å². The van der Waals surface area contributed by atoms with E-state index in [0.717, 1.165) is 0 Å². The van der Waals surface area contributed by atoms with Gasteiger partial charge in [-0.05, 0) is 17.2 Å². The number of nitrogens with two attached hydrogens (primary N) is 1. The molecule has 2 amide bonds. The molecule has 3 N–H and O–H groups in total. The Hall–Kier alpha value is -3.17. The van der Waals surface area contributed by atoms with Crippen LogP contribution in [0.4, 0.5) is 0 Å². The molecule has 2 aromatic carbocycles. The minimum absolute atomic E-state index is 0.135. The van der Waals surface area contributed by atoms with Crippen molar-refractivity contribution < 1.29 is 14.3 Å². The smallest absolute Gasteiger partial charge is 0.254 e. The molecule has 0 fully saturated rings. The second-order valence-electron chi connectivity index (χ2n) is 5.46. The van der Waals surface area contributed by atoms with Crippen molar-refractivity contribution in [3.63, 3.8) is 0 Å². The molecule has 0 unspecified atom stereocenters. The molecule has 25 heavy (non-hydrogen) atoms. The zero-order valence-corrected chi connectivity index (χ0v) is 13.8. The van der Waals surface area contributed by atoms with Crippen LogP contribution in [0.2, 0.25) is 0 Å². The van der Waals surface area contributed by atoms with E-state index in [-0.39, 0.29) is 6.42 Å². The third-order valence-electron chi connectivity index (χ3n) is 3.80. The van der Waals surface area contributed by atoms with E-state index < -0.39 is 24.0 Å². The Morgan fingerprint density at radius 3 is 2.40 bits per heavy atom. The first-order valence-corrected chi connectivity index (χ1v) is 7.72. The molecular weight excluding hydrogens is 318 g/mol. The summed E-state index contributed by atoms with van der Waals surface area (Å²) in [6, 6.07) is 16.9. The molecule has 0 saturated carbocycles. The number of hydrogen-bond acceptors (Lipinski definition) is 4. The van der Waals surface area contributed by atoms with E-state index in [9.17, 15) is 9.59 Å². The average molecular weight is 337 g/mol. The Morgan fingerprint density at radius 2 is 1.80 bits per heavy atom. The van der Waals surface area contributed by atoms with E-state index in [1.165, 1.54) is 7.11 Å². The second kappa shape index (κ2) is 8.62. The van der Waals surface area contributed by atoms with Gasteiger partial charge in [-0.2, -0.15) is 5.26 Å². The SMILES string of the molecule is CO[C@@H](C(=O)N[C@@H](Cc1ccccc1C#N)C(N)=O)c1ccccc1. The van der Waals surface area contributed by atoms with Crippen LogP contribution >= 0.6 is 0 Å². The van der Waals surface area contributed by atoms with Gasteiger partial charge in [-0.15, -0.1) is 0 Å². The highest BCUT2D eigenvalue weighted by Gasteiger charge is 2.26. The molecule has 0 bridgehead atoms. The molecular formula is C19H19N3O3. The molecule has 128 valence electrons. The van der Waals surface area contributed by atoms with E-state index in [0.29, 0.717) is 16.7 Å². The van der Waals surface area contributed by atoms with Crippen LogP contribution in [0.15, 0.2) is 54.6 Å². The van der Waals surface area contributed by atoms with E-state index >= 15 is 0 Å². The lowest BCUT2D eigenvalue weighted by molar-refractivity contribution is -0.134. The third kappa shape index (κ3) is 4.66. The lowest BCUT2D eigenvalue weighted by Crippen LogP contribution is -2.47. The summed E-state index contributed by atoms with van der Waals surface area (Å²) >= 11 is 0. The fraction of sp³-hybridized carbons (Fsp3) is 0.211. The lowest BCUT2D eigenvalue weighted by atomic mass is 10.00. The Kier molecular flexibility index (Phi) is 6.26. The van der Waals surface area contributed by atoms with Crippen LogP contribution in [-0.2, 0) is 20.7 Å². The van der Waals surface area contributed by atoms with Crippen molar-refractivity contribution in [2.75, 3.05) is 7.11 Å². The number of carbonyl (C=O) groups excluding carboxylic acids is 2. The molecule has 2 rings (SSSR count). The number of nitrogens with one attached hydrogen (secondary N) is 1. The Morgan fingerprint density at radius 1 is 1.16 bits per heavy atom. The van der Waals surface area contributed by atoms with Gasteiger partial charge in [0.1, 0.15) is 6.04 Å². The Balaban J connectivity index is 2.17. The van der Waals surface area contributed by atoms with Gasteiger partial charge in [0.15, 0.2) is 6.10 Å². The van der Waals surface area contributed by atoms with Gasteiger partial charge in [0.2, 0.25) is 5.91 Å². The summed E-state index contributed by atoms with van der Waals surface area (Å²) in [6.45, 7) is 0. The van der Waals surface area contributed by atoms with Gasteiger partial charge in [-0.3, -0.25) is 9.59 Å². The standard InChI is InChI=1S/C19H19N3O3/c1-25-17(13-7-3-2-4-8-13)19(24)22-16(18(21)23)11-14-9-5-6-10-15(14)12-20/h2-10,16-17H,11H2,1H3,(H2,21,23)(H,22,24)/t16-,17+/m0/s1. The highest BCUT2D eigenvalue weighted by Crippen LogP contribution is 2.17. The minimum atomic E-state index is -0.941. The van der Waals surface area contributed by atoms with Crippen molar-refractivity contribution >= 4 is 11.8 Å². The van der Waals surface area contributed by atoms with Crippen molar-refractivity contribution in [3.05, 3.63) is 71.3 Å². The number of rotatable bonds is 7. The van der Waals surface area contributed by atoms with Crippen molar-refractivity contribution in [3.8, 4) is 6.07 Å². The van der Waals surface area contributed by atoms with Crippen LogP contribution < -0.4 is 11.1 Å². The maximum atomic E-state index is 12.5. The quantitative estimate of drug-likeness (QED) is 0.798. The third-order valence-corrected chi connectivity index (χ3v) is 3.80. The molecule has 0 spiro atoms.